The van der Waals surface area contributed by atoms with E-state index in [1.165, 1.54) is 33.6 Å². The predicted octanol–water partition coefficient (Wildman–Crippen LogP) is 7.28. The van der Waals surface area contributed by atoms with E-state index in [4.69, 9.17) is 14.2 Å². The Kier molecular flexibility index (Phi) is 9.32. The van der Waals surface area contributed by atoms with E-state index < -0.39 is 17.7 Å². The van der Waals surface area contributed by atoms with Crippen molar-refractivity contribution in [2.45, 2.75) is 62.8 Å². The molecule has 11 heteroatoms. The van der Waals surface area contributed by atoms with Crippen molar-refractivity contribution >= 4 is 45.7 Å². The van der Waals surface area contributed by atoms with Crippen molar-refractivity contribution in [1.82, 2.24) is 10.2 Å². The first-order valence-corrected chi connectivity index (χ1v) is 17.1. The van der Waals surface area contributed by atoms with Crippen LogP contribution in [-0.2, 0) is 21.8 Å². The van der Waals surface area contributed by atoms with Crippen LogP contribution in [0.3, 0.4) is 0 Å². The number of hydrogen-bond donors (Lipinski definition) is 1. The Bertz CT molecular complexity index is 1800. The summed E-state index contributed by atoms with van der Waals surface area (Å²) in [6, 6.07) is 17.9. The third-order valence-corrected chi connectivity index (χ3v) is 9.87. The highest BCUT2D eigenvalue weighted by Crippen LogP contribution is 2.46. The quantitative estimate of drug-likeness (QED) is 0.0585. The molecule has 0 saturated carbocycles. The molecule has 0 bridgehead atoms. The van der Waals surface area contributed by atoms with Crippen LogP contribution in [0, 0.1) is 6.92 Å². The van der Waals surface area contributed by atoms with Crippen molar-refractivity contribution in [3.05, 3.63) is 94.1 Å². The summed E-state index contributed by atoms with van der Waals surface area (Å²) in [6.07, 6.45) is 1.51. The minimum atomic E-state index is -0.981. The number of aliphatic hydroxyl groups is 1. The van der Waals surface area contributed by atoms with Gasteiger partial charge in [0.2, 0.25) is 5.13 Å². The van der Waals surface area contributed by atoms with Gasteiger partial charge in [-0.3, -0.25) is 14.5 Å². The van der Waals surface area contributed by atoms with E-state index in [0.29, 0.717) is 52.4 Å². The molecule has 1 aromatic heterocycles. The van der Waals surface area contributed by atoms with Crippen LogP contribution in [0.15, 0.2) is 70.6 Å². The highest BCUT2D eigenvalue weighted by molar-refractivity contribution is 8.00. The number of aliphatic hydroxyl groups excluding tert-OH is 1. The second kappa shape index (κ2) is 13.6. The summed E-state index contributed by atoms with van der Waals surface area (Å²) < 4.78 is 18.3. The van der Waals surface area contributed by atoms with Crippen molar-refractivity contribution < 1.29 is 28.9 Å². The number of aryl methyl sites for hydroxylation is 1. The Labute approximate surface area is 276 Å². The number of hydrogen-bond acceptors (Lipinski definition) is 10. The highest BCUT2D eigenvalue weighted by Gasteiger charge is 2.48. The molecule has 2 atom stereocenters. The molecular weight excluding hydrogens is 623 g/mol. The largest absolute Gasteiger partial charge is 0.507 e. The lowest BCUT2D eigenvalue weighted by atomic mass is 9.94. The zero-order valence-corrected chi connectivity index (χ0v) is 27.7. The number of nitrogens with zero attached hydrogens (tertiary/aromatic N) is 3. The lowest BCUT2D eigenvalue weighted by Gasteiger charge is -2.23. The van der Waals surface area contributed by atoms with Crippen LogP contribution < -0.4 is 19.1 Å². The number of ketones is 1. The summed E-state index contributed by atoms with van der Waals surface area (Å²) in [6.45, 7) is 8.80. The summed E-state index contributed by atoms with van der Waals surface area (Å²) in [5.74, 6) is 0.596. The molecule has 4 aromatic rings. The van der Waals surface area contributed by atoms with Gasteiger partial charge in [-0.1, -0.05) is 65.9 Å². The van der Waals surface area contributed by atoms with Gasteiger partial charge < -0.3 is 19.3 Å². The summed E-state index contributed by atoms with van der Waals surface area (Å²) in [5.41, 5.74) is 4.20. The van der Waals surface area contributed by atoms with E-state index in [1.54, 1.807) is 30.3 Å². The monoisotopic (exact) mass is 657 g/mol. The van der Waals surface area contributed by atoms with Crippen LogP contribution in [0.4, 0.5) is 5.13 Å². The van der Waals surface area contributed by atoms with E-state index in [2.05, 4.69) is 34.5 Å². The van der Waals surface area contributed by atoms with Gasteiger partial charge in [-0.05, 0) is 74.2 Å². The maximum absolute atomic E-state index is 13.8. The third kappa shape index (κ3) is 6.34. The molecular formula is C35H35N3O6S2. The number of ether oxygens (including phenoxy) is 3. The Morgan fingerprint density at radius 3 is 2.61 bits per heavy atom. The molecule has 1 N–H and O–H groups in total. The minimum absolute atomic E-state index is 0.0129. The van der Waals surface area contributed by atoms with Crippen LogP contribution in [0.5, 0.6) is 17.2 Å². The van der Waals surface area contributed by atoms with E-state index >= 15 is 0 Å². The van der Waals surface area contributed by atoms with E-state index in [0.717, 1.165) is 23.3 Å². The molecule has 3 heterocycles. The molecule has 0 aliphatic carbocycles. The van der Waals surface area contributed by atoms with Crippen molar-refractivity contribution in [2.75, 3.05) is 18.1 Å². The first-order chi connectivity index (χ1) is 22.3. The standard InChI is InChI=1S/C35H35N3O6S2/c1-5-15-43-27-14-11-23(18-28(27)42-6-2)30-29(31(39)24-12-13-26-25(17-24)16-21(4)44-26)32(40)33(41)38(30)34-36-37-35(46-34)45-19-22-9-7-20(3)8-10-22/h7-14,17-18,21,30,39H,5-6,15-16,19H2,1-4H3. The van der Waals surface area contributed by atoms with E-state index in [9.17, 15) is 14.7 Å². The first-order valence-electron chi connectivity index (χ1n) is 15.3. The van der Waals surface area contributed by atoms with Gasteiger partial charge in [-0.15, -0.1) is 10.2 Å². The normalized spacial score (nSPS) is 18.5. The molecule has 3 aromatic carbocycles. The maximum atomic E-state index is 13.8. The molecule has 46 heavy (non-hydrogen) atoms. The zero-order valence-electron chi connectivity index (χ0n) is 26.1. The average molecular weight is 658 g/mol. The smallest absolute Gasteiger partial charge is 0.301 e. The van der Waals surface area contributed by atoms with E-state index in [1.807, 2.05) is 33.8 Å². The molecule has 1 saturated heterocycles. The van der Waals surface area contributed by atoms with Crippen molar-refractivity contribution in [3.63, 3.8) is 0 Å². The van der Waals surface area contributed by atoms with Gasteiger partial charge in [-0.2, -0.15) is 0 Å². The lowest BCUT2D eigenvalue weighted by Crippen LogP contribution is -2.29. The van der Waals surface area contributed by atoms with E-state index in [-0.39, 0.29) is 22.6 Å². The van der Waals surface area contributed by atoms with Crippen molar-refractivity contribution in [1.29, 1.82) is 0 Å². The Morgan fingerprint density at radius 1 is 1.04 bits per heavy atom. The van der Waals surface area contributed by atoms with Gasteiger partial charge in [0.25, 0.3) is 5.78 Å². The fourth-order valence-corrected chi connectivity index (χ4v) is 7.38. The van der Waals surface area contributed by atoms with Gasteiger partial charge in [0, 0.05) is 17.7 Å². The Morgan fingerprint density at radius 2 is 1.85 bits per heavy atom. The zero-order chi connectivity index (χ0) is 32.4. The molecule has 238 valence electrons. The fraction of sp³-hybridized carbons (Fsp3) is 0.314. The average Bonchev–Trinajstić information content (AvgIpc) is 3.74. The topological polar surface area (TPSA) is 111 Å². The molecule has 2 aliphatic rings. The van der Waals surface area contributed by atoms with Gasteiger partial charge in [0.05, 0.1) is 24.8 Å². The van der Waals surface area contributed by atoms with Crippen molar-refractivity contribution in [3.8, 4) is 17.2 Å². The number of carbonyl (C=O) groups excluding carboxylic acids is 2. The Balaban J connectivity index is 1.42. The summed E-state index contributed by atoms with van der Waals surface area (Å²) in [7, 11) is 0. The van der Waals surface area contributed by atoms with Crippen molar-refractivity contribution in [2.24, 2.45) is 0 Å². The number of amides is 1. The number of benzene rings is 3. The first kappa shape index (κ1) is 31.6. The van der Waals surface area contributed by atoms with Gasteiger partial charge in [0.15, 0.2) is 15.8 Å². The molecule has 0 spiro atoms. The third-order valence-electron chi connectivity index (χ3n) is 7.74. The van der Waals surface area contributed by atoms with Gasteiger partial charge in [-0.25, -0.2) is 0 Å². The van der Waals surface area contributed by atoms with Crippen LogP contribution in [0.2, 0.25) is 0 Å². The van der Waals surface area contributed by atoms with Crippen LogP contribution in [0.25, 0.3) is 5.76 Å². The number of fused-ring (bicyclic) bond motifs is 1. The second-order valence-electron chi connectivity index (χ2n) is 11.2. The Hall–Kier alpha value is -4.35. The molecule has 1 fully saturated rings. The number of anilines is 1. The number of Topliss-reactive ketones (excluding diaryl/α,β-unsaturated/α-hetero) is 1. The molecule has 6 rings (SSSR count). The minimum Gasteiger partial charge on any atom is -0.507 e. The molecule has 2 unspecified atom stereocenters. The predicted molar refractivity (Wildman–Crippen MR) is 179 cm³/mol. The van der Waals surface area contributed by atoms with Gasteiger partial charge in [0.1, 0.15) is 17.6 Å². The summed E-state index contributed by atoms with van der Waals surface area (Å²) in [4.78, 5) is 28.9. The van der Waals surface area contributed by atoms with Gasteiger partial charge >= 0.3 is 5.91 Å². The molecule has 2 aliphatic heterocycles. The van der Waals surface area contributed by atoms with Crippen LogP contribution in [0.1, 0.15) is 61.1 Å². The highest BCUT2D eigenvalue weighted by atomic mass is 32.2. The number of thioether (sulfide) groups is 1. The molecule has 1 amide bonds. The fourth-order valence-electron chi connectivity index (χ4n) is 5.55. The second-order valence-corrected chi connectivity index (χ2v) is 13.4. The summed E-state index contributed by atoms with van der Waals surface area (Å²) in [5, 5.41) is 20.7. The molecule has 9 nitrogen and oxygen atoms in total. The summed E-state index contributed by atoms with van der Waals surface area (Å²) >= 11 is 2.73. The SMILES string of the molecule is CCCOc1ccc(C2C(=C(O)c3ccc4c(c3)CC(C)O4)C(=O)C(=O)N2c2nnc(SCc3ccc(C)cc3)s2)cc1OCC. The number of rotatable bonds is 11. The van der Waals surface area contributed by atoms with Crippen LogP contribution in [-0.4, -0.2) is 46.3 Å². The lowest BCUT2D eigenvalue weighted by molar-refractivity contribution is -0.132. The molecule has 0 radical (unpaired) electrons. The van der Waals surface area contributed by atoms with Crippen LogP contribution >= 0.6 is 23.1 Å². The number of carbonyl (C=O) groups is 2. The number of aromatic nitrogens is 2. The maximum Gasteiger partial charge on any atom is 0.301 e.